The van der Waals surface area contributed by atoms with E-state index in [0.717, 1.165) is 17.7 Å². The van der Waals surface area contributed by atoms with Crippen LogP contribution in [0.2, 0.25) is 0 Å². The van der Waals surface area contributed by atoms with E-state index in [2.05, 4.69) is 16.2 Å². The van der Waals surface area contributed by atoms with E-state index in [4.69, 9.17) is 6.42 Å². The number of hydrogen-bond donors (Lipinski definition) is 1. The monoisotopic (exact) mass is 216 g/mol. The van der Waals surface area contributed by atoms with Crippen LogP contribution < -0.4 is 5.32 Å². The van der Waals surface area contributed by atoms with Crippen molar-refractivity contribution in [1.82, 2.24) is 10.3 Å². The van der Waals surface area contributed by atoms with Gasteiger partial charge in [-0.25, -0.2) is 0 Å². The molecule has 84 valence electrons. The molecule has 0 saturated heterocycles. The highest BCUT2D eigenvalue weighted by Crippen LogP contribution is 2.03. The molecule has 0 fully saturated rings. The van der Waals surface area contributed by atoms with Crippen molar-refractivity contribution in [3.8, 4) is 12.3 Å². The van der Waals surface area contributed by atoms with Crippen LogP contribution in [0.15, 0.2) is 18.3 Å². The zero-order chi connectivity index (χ0) is 11.8. The summed E-state index contributed by atoms with van der Waals surface area (Å²) in [5.41, 5.74) is 1.87. The number of pyridine rings is 1. The highest BCUT2D eigenvalue weighted by atomic mass is 16.1. The summed E-state index contributed by atoms with van der Waals surface area (Å²) in [5, 5.41) is 2.82. The Morgan fingerprint density at radius 1 is 1.62 bits per heavy atom. The first kappa shape index (κ1) is 12.3. The van der Waals surface area contributed by atoms with Crippen LogP contribution in [0.1, 0.15) is 24.1 Å². The lowest BCUT2D eigenvalue weighted by Gasteiger charge is -2.05. The Morgan fingerprint density at radius 2 is 2.44 bits per heavy atom. The van der Waals surface area contributed by atoms with Crippen molar-refractivity contribution in [2.24, 2.45) is 0 Å². The number of unbranched alkanes of at least 4 members (excludes halogenated alkanes) is 1. The minimum absolute atomic E-state index is 0.00109. The van der Waals surface area contributed by atoms with Gasteiger partial charge in [-0.3, -0.25) is 9.78 Å². The summed E-state index contributed by atoms with van der Waals surface area (Å²) in [6.45, 7) is 2.59. The second-order valence-electron chi connectivity index (χ2n) is 3.60. The molecule has 1 amide bonds. The van der Waals surface area contributed by atoms with Crippen molar-refractivity contribution < 1.29 is 4.79 Å². The fraction of sp³-hybridized carbons (Fsp3) is 0.385. The van der Waals surface area contributed by atoms with E-state index in [-0.39, 0.29) is 5.91 Å². The third kappa shape index (κ3) is 4.14. The first-order chi connectivity index (χ1) is 7.74. The summed E-state index contributed by atoms with van der Waals surface area (Å²) in [4.78, 5) is 15.7. The average molecular weight is 216 g/mol. The minimum Gasteiger partial charge on any atom is -0.356 e. The van der Waals surface area contributed by atoms with Gasteiger partial charge in [0.15, 0.2) is 0 Å². The highest BCUT2D eigenvalue weighted by Gasteiger charge is 2.05. The molecule has 3 heteroatoms. The van der Waals surface area contributed by atoms with E-state index in [9.17, 15) is 4.79 Å². The standard InChI is InChI=1S/C13H16N2O/c1-3-4-5-8-15-13(16)10-12-11(2)7-6-9-14-12/h1,6-7,9H,4-5,8,10H2,2H3,(H,15,16). The van der Waals surface area contributed by atoms with E-state index < -0.39 is 0 Å². The molecule has 16 heavy (non-hydrogen) atoms. The summed E-state index contributed by atoms with van der Waals surface area (Å²) in [6, 6.07) is 3.82. The van der Waals surface area contributed by atoms with Crippen molar-refractivity contribution in [1.29, 1.82) is 0 Å². The van der Waals surface area contributed by atoms with Crippen molar-refractivity contribution in [3.05, 3.63) is 29.6 Å². The van der Waals surface area contributed by atoms with Crippen molar-refractivity contribution >= 4 is 5.91 Å². The Bertz CT molecular complexity index is 393. The highest BCUT2D eigenvalue weighted by molar-refractivity contribution is 5.78. The van der Waals surface area contributed by atoms with Crippen LogP contribution in [-0.4, -0.2) is 17.4 Å². The predicted molar refractivity (Wildman–Crippen MR) is 63.8 cm³/mol. The van der Waals surface area contributed by atoms with Gasteiger partial charge in [0.05, 0.1) is 12.1 Å². The van der Waals surface area contributed by atoms with Gasteiger partial charge in [-0.1, -0.05) is 6.07 Å². The summed E-state index contributed by atoms with van der Waals surface area (Å²) in [7, 11) is 0. The fourth-order valence-electron chi connectivity index (χ4n) is 1.34. The molecular weight excluding hydrogens is 200 g/mol. The van der Waals surface area contributed by atoms with Gasteiger partial charge in [-0.2, -0.15) is 0 Å². The van der Waals surface area contributed by atoms with E-state index in [1.54, 1.807) is 6.20 Å². The largest absolute Gasteiger partial charge is 0.356 e. The average Bonchev–Trinajstić information content (AvgIpc) is 2.28. The molecule has 3 nitrogen and oxygen atoms in total. The Labute approximate surface area is 96.3 Å². The molecule has 0 aliphatic heterocycles. The number of carbonyl (C=O) groups is 1. The number of amides is 1. The number of hydrogen-bond acceptors (Lipinski definition) is 2. The molecule has 0 spiro atoms. The number of aryl methyl sites for hydroxylation is 1. The van der Waals surface area contributed by atoms with Gasteiger partial charge in [0.25, 0.3) is 0 Å². The Morgan fingerprint density at radius 3 is 3.12 bits per heavy atom. The second-order valence-corrected chi connectivity index (χ2v) is 3.60. The molecule has 0 aliphatic carbocycles. The van der Waals surface area contributed by atoms with Gasteiger partial charge in [-0.15, -0.1) is 12.3 Å². The molecule has 1 heterocycles. The van der Waals surface area contributed by atoms with Crippen LogP contribution in [0.25, 0.3) is 0 Å². The lowest BCUT2D eigenvalue weighted by molar-refractivity contribution is -0.120. The van der Waals surface area contributed by atoms with Crippen LogP contribution in [0.3, 0.4) is 0 Å². The van der Waals surface area contributed by atoms with Crippen LogP contribution in [-0.2, 0) is 11.2 Å². The number of terminal acetylenes is 1. The third-order valence-electron chi connectivity index (χ3n) is 2.27. The molecule has 0 unspecified atom stereocenters. The van der Waals surface area contributed by atoms with Gasteiger partial charge < -0.3 is 5.32 Å². The number of nitrogens with one attached hydrogen (secondary N) is 1. The maximum Gasteiger partial charge on any atom is 0.226 e. The molecule has 1 N–H and O–H groups in total. The maximum absolute atomic E-state index is 11.5. The SMILES string of the molecule is C#CCCCNC(=O)Cc1ncccc1C. The lowest BCUT2D eigenvalue weighted by Crippen LogP contribution is -2.26. The smallest absolute Gasteiger partial charge is 0.226 e. The van der Waals surface area contributed by atoms with E-state index >= 15 is 0 Å². The van der Waals surface area contributed by atoms with E-state index in [0.29, 0.717) is 19.4 Å². The van der Waals surface area contributed by atoms with Gasteiger partial charge in [-0.05, 0) is 25.0 Å². The number of nitrogens with zero attached hydrogens (tertiary/aromatic N) is 1. The molecule has 0 atom stereocenters. The van der Waals surface area contributed by atoms with Gasteiger partial charge in [0.2, 0.25) is 5.91 Å². The molecule has 0 aliphatic rings. The molecule has 0 radical (unpaired) electrons. The topological polar surface area (TPSA) is 42.0 Å². The van der Waals surface area contributed by atoms with Gasteiger partial charge >= 0.3 is 0 Å². The fourth-order valence-corrected chi connectivity index (χ4v) is 1.34. The number of aromatic nitrogens is 1. The summed E-state index contributed by atoms with van der Waals surface area (Å²) < 4.78 is 0. The first-order valence-corrected chi connectivity index (χ1v) is 5.34. The van der Waals surface area contributed by atoms with Crippen molar-refractivity contribution in [2.45, 2.75) is 26.2 Å². The molecule has 1 rings (SSSR count). The van der Waals surface area contributed by atoms with E-state index in [1.807, 2.05) is 19.1 Å². The lowest BCUT2D eigenvalue weighted by atomic mass is 10.1. The maximum atomic E-state index is 11.5. The predicted octanol–water partition coefficient (Wildman–Crippen LogP) is 1.46. The summed E-state index contributed by atoms with van der Waals surface area (Å²) >= 11 is 0. The molecule has 0 bridgehead atoms. The second kappa shape index (κ2) is 6.62. The van der Waals surface area contributed by atoms with E-state index in [1.165, 1.54) is 0 Å². The first-order valence-electron chi connectivity index (χ1n) is 5.34. The molecule has 0 aromatic carbocycles. The third-order valence-corrected chi connectivity index (χ3v) is 2.27. The normalized spacial score (nSPS) is 9.50. The van der Waals surface area contributed by atoms with Crippen LogP contribution in [0.5, 0.6) is 0 Å². The molecule has 1 aromatic heterocycles. The molecule has 0 saturated carbocycles. The van der Waals surface area contributed by atoms with Crippen LogP contribution in [0.4, 0.5) is 0 Å². The summed E-state index contributed by atoms with van der Waals surface area (Å²) in [6.07, 6.45) is 8.67. The van der Waals surface area contributed by atoms with Crippen molar-refractivity contribution in [2.75, 3.05) is 6.54 Å². The zero-order valence-electron chi connectivity index (χ0n) is 9.49. The Kier molecular flexibility index (Phi) is 5.07. The Balaban J connectivity index is 2.35. The summed E-state index contributed by atoms with van der Waals surface area (Å²) in [5.74, 6) is 2.54. The zero-order valence-corrected chi connectivity index (χ0v) is 9.49. The molecule has 1 aromatic rings. The number of carbonyl (C=O) groups excluding carboxylic acids is 1. The quantitative estimate of drug-likeness (QED) is 0.598. The minimum atomic E-state index is -0.00109. The molecular formula is C13H16N2O. The van der Waals surface area contributed by atoms with Crippen LogP contribution in [0, 0.1) is 19.3 Å². The Hall–Kier alpha value is -1.82. The van der Waals surface area contributed by atoms with Crippen LogP contribution >= 0.6 is 0 Å². The van der Waals surface area contributed by atoms with Crippen molar-refractivity contribution in [3.63, 3.8) is 0 Å². The van der Waals surface area contributed by atoms with Gasteiger partial charge in [0, 0.05) is 19.2 Å². The van der Waals surface area contributed by atoms with Gasteiger partial charge in [0.1, 0.15) is 0 Å². The number of rotatable bonds is 5.